The van der Waals surface area contributed by atoms with E-state index in [-0.39, 0.29) is 18.0 Å². The molecule has 2 N–H and O–H groups in total. The van der Waals surface area contributed by atoms with Gasteiger partial charge in [-0.25, -0.2) is 0 Å². The number of benzene rings is 1. The molecule has 0 aromatic heterocycles. The van der Waals surface area contributed by atoms with Gasteiger partial charge in [0.15, 0.2) is 0 Å². The van der Waals surface area contributed by atoms with Crippen molar-refractivity contribution < 1.29 is 18.0 Å². The highest BCUT2D eigenvalue weighted by Crippen LogP contribution is 2.33. The Morgan fingerprint density at radius 2 is 2.15 bits per heavy atom. The van der Waals surface area contributed by atoms with Gasteiger partial charge in [-0.05, 0) is 36.6 Å². The lowest BCUT2D eigenvalue weighted by Crippen LogP contribution is -2.34. The monoisotopic (exact) mass is 286 g/mol. The molecule has 0 spiro atoms. The second kappa shape index (κ2) is 5.83. The van der Waals surface area contributed by atoms with Gasteiger partial charge >= 0.3 is 6.18 Å². The van der Waals surface area contributed by atoms with Crippen molar-refractivity contribution in [1.29, 1.82) is 0 Å². The number of carbonyl (C=O) groups excluding carboxylic acids is 1. The number of carbonyl (C=O) groups is 1. The lowest BCUT2D eigenvalue weighted by molar-refractivity contribution is -0.157. The zero-order valence-electron chi connectivity index (χ0n) is 11.2. The summed E-state index contributed by atoms with van der Waals surface area (Å²) in [7, 11) is 0. The third-order valence-corrected chi connectivity index (χ3v) is 3.36. The van der Waals surface area contributed by atoms with Crippen LogP contribution < -0.4 is 10.6 Å². The third-order valence-electron chi connectivity index (χ3n) is 3.36. The first-order chi connectivity index (χ1) is 9.43. The van der Waals surface area contributed by atoms with Gasteiger partial charge in [-0.3, -0.25) is 4.79 Å². The van der Waals surface area contributed by atoms with Crippen molar-refractivity contribution >= 4 is 5.91 Å². The molecule has 2 rings (SSSR count). The smallest absolute Gasteiger partial charge is 0.352 e. The van der Waals surface area contributed by atoms with Gasteiger partial charge in [-0.2, -0.15) is 13.2 Å². The van der Waals surface area contributed by atoms with Crippen molar-refractivity contribution in [2.45, 2.75) is 32.0 Å². The van der Waals surface area contributed by atoms with E-state index in [4.69, 9.17) is 0 Å². The fourth-order valence-electron chi connectivity index (χ4n) is 2.41. The van der Waals surface area contributed by atoms with E-state index in [1.807, 2.05) is 0 Å². The topological polar surface area (TPSA) is 41.1 Å². The van der Waals surface area contributed by atoms with Crippen LogP contribution in [0.5, 0.6) is 0 Å². The number of nitrogens with one attached hydrogen (secondary N) is 2. The van der Waals surface area contributed by atoms with Crippen LogP contribution in [0.15, 0.2) is 18.2 Å². The Morgan fingerprint density at radius 1 is 1.40 bits per heavy atom. The molecule has 0 bridgehead atoms. The van der Waals surface area contributed by atoms with Crippen molar-refractivity contribution in [1.82, 2.24) is 10.6 Å². The van der Waals surface area contributed by atoms with Crippen molar-refractivity contribution in [3.63, 3.8) is 0 Å². The Kier molecular flexibility index (Phi) is 4.32. The normalized spacial score (nSPS) is 17.1. The van der Waals surface area contributed by atoms with Crippen molar-refractivity contribution in [3.8, 4) is 0 Å². The van der Waals surface area contributed by atoms with Crippen molar-refractivity contribution in [3.05, 3.63) is 34.9 Å². The molecule has 1 aliphatic rings. The Labute approximate surface area is 115 Å². The van der Waals surface area contributed by atoms with Gasteiger partial charge in [0.05, 0.1) is 0 Å². The molecule has 6 heteroatoms. The first kappa shape index (κ1) is 14.8. The Bertz CT molecular complexity index is 500. The molecule has 0 aliphatic carbocycles. The van der Waals surface area contributed by atoms with Gasteiger partial charge in [0, 0.05) is 12.1 Å². The van der Waals surface area contributed by atoms with E-state index in [0.29, 0.717) is 18.5 Å². The number of alkyl halides is 3. The highest BCUT2D eigenvalue weighted by Gasteiger charge is 2.40. The second-order valence-corrected chi connectivity index (χ2v) is 4.81. The van der Waals surface area contributed by atoms with Crippen LogP contribution in [-0.2, 0) is 6.42 Å². The molecular weight excluding hydrogens is 269 g/mol. The van der Waals surface area contributed by atoms with Gasteiger partial charge in [0.1, 0.15) is 6.04 Å². The molecule has 1 amide bonds. The van der Waals surface area contributed by atoms with Gasteiger partial charge in [0.25, 0.3) is 5.91 Å². The lowest BCUT2D eigenvalue weighted by atomic mass is 9.97. The van der Waals surface area contributed by atoms with Gasteiger partial charge in [0.2, 0.25) is 0 Å². The SMILES string of the molecule is CCNC(c1ccc2c(c1)C(=O)NCCC2)C(F)(F)F. The summed E-state index contributed by atoms with van der Waals surface area (Å²) in [5.74, 6) is -0.295. The van der Waals surface area contributed by atoms with Gasteiger partial charge in [-0.1, -0.05) is 19.1 Å². The first-order valence-electron chi connectivity index (χ1n) is 6.64. The maximum atomic E-state index is 13.0. The molecule has 1 aromatic carbocycles. The van der Waals surface area contributed by atoms with Crippen LogP contribution in [0.2, 0.25) is 0 Å². The number of aryl methyl sites for hydroxylation is 1. The van der Waals surface area contributed by atoms with E-state index in [1.165, 1.54) is 12.1 Å². The summed E-state index contributed by atoms with van der Waals surface area (Å²) in [5, 5.41) is 5.12. The number of halogens is 3. The number of hydrogen-bond acceptors (Lipinski definition) is 2. The van der Waals surface area contributed by atoms with Crippen LogP contribution >= 0.6 is 0 Å². The van der Waals surface area contributed by atoms with Crippen LogP contribution in [-0.4, -0.2) is 25.2 Å². The maximum absolute atomic E-state index is 13.0. The second-order valence-electron chi connectivity index (χ2n) is 4.81. The Morgan fingerprint density at radius 3 is 2.80 bits per heavy atom. The Hall–Kier alpha value is -1.56. The van der Waals surface area contributed by atoms with E-state index in [9.17, 15) is 18.0 Å². The maximum Gasteiger partial charge on any atom is 0.407 e. The summed E-state index contributed by atoms with van der Waals surface area (Å²) in [6, 6.07) is 2.70. The largest absolute Gasteiger partial charge is 0.407 e. The predicted octanol–water partition coefficient (Wildman–Crippen LogP) is 2.58. The number of rotatable bonds is 3. The highest BCUT2D eigenvalue weighted by atomic mass is 19.4. The van der Waals surface area contributed by atoms with E-state index in [2.05, 4.69) is 10.6 Å². The summed E-state index contributed by atoms with van der Waals surface area (Å²) in [4.78, 5) is 11.9. The van der Waals surface area contributed by atoms with E-state index in [0.717, 1.165) is 12.0 Å². The molecular formula is C14H17F3N2O. The van der Waals surface area contributed by atoms with E-state index >= 15 is 0 Å². The average molecular weight is 286 g/mol. The molecule has 0 fully saturated rings. The summed E-state index contributed by atoms with van der Waals surface area (Å²) in [5.41, 5.74) is 1.24. The molecule has 1 aromatic rings. The van der Waals surface area contributed by atoms with Crippen LogP contribution in [0.25, 0.3) is 0 Å². The molecule has 1 atom stereocenters. The molecule has 3 nitrogen and oxygen atoms in total. The van der Waals surface area contributed by atoms with Crippen LogP contribution in [0.3, 0.4) is 0 Å². The minimum atomic E-state index is -4.38. The van der Waals surface area contributed by atoms with Gasteiger partial charge in [-0.15, -0.1) is 0 Å². The summed E-state index contributed by atoms with van der Waals surface area (Å²) >= 11 is 0. The minimum absolute atomic E-state index is 0.0788. The molecule has 1 heterocycles. The summed E-state index contributed by atoms with van der Waals surface area (Å²) < 4.78 is 39.1. The first-order valence-corrected chi connectivity index (χ1v) is 6.64. The summed E-state index contributed by atoms with van der Waals surface area (Å²) in [6.45, 7) is 2.38. The standard InChI is InChI=1S/C14H17F3N2O/c1-2-18-12(14(15,16)17)10-6-5-9-4-3-7-19-13(20)11(9)8-10/h5-6,8,12,18H,2-4,7H2,1H3,(H,19,20). The van der Waals surface area contributed by atoms with Gasteiger partial charge < -0.3 is 10.6 Å². The zero-order chi connectivity index (χ0) is 14.8. The number of fused-ring (bicyclic) bond motifs is 1. The molecule has 0 saturated carbocycles. The minimum Gasteiger partial charge on any atom is -0.352 e. The molecule has 0 radical (unpaired) electrons. The molecule has 1 unspecified atom stereocenters. The van der Waals surface area contributed by atoms with E-state index < -0.39 is 12.2 Å². The molecule has 110 valence electrons. The van der Waals surface area contributed by atoms with Crippen molar-refractivity contribution in [2.75, 3.05) is 13.1 Å². The molecule has 1 aliphatic heterocycles. The fraction of sp³-hybridized carbons (Fsp3) is 0.500. The van der Waals surface area contributed by atoms with Crippen molar-refractivity contribution in [2.24, 2.45) is 0 Å². The van der Waals surface area contributed by atoms with Crippen LogP contribution in [0, 0.1) is 0 Å². The third kappa shape index (κ3) is 3.12. The van der Waals surface area contributed by atoms with Crippen LogP contribution in [0.1, 0.15) is 40.9 Å². The fourth-order valence-corrected chi connectivity index (χ4v) is 2.41. The highest BCUT2D eigenvalue weighted by molar-refractivity contribution is 5.96. The Balaban J connectivity index is 2.40. The predicted molar refractivity (Wildman–Crippen MR) is 69.6 cm³/mol. The zero-order valence-corrected chi connectivity index (χ0v) is 11.2. The molecule has 20 heavy (non-hydrogen) atoms. The van der Waals surface area contributed by atoms with Crippen LogP contribution in [0.4, 0.5) is 13.2 Å². The number of amides is 1. The van der Waals surface area contributed by atoms with E-state index in [1.54, 1.807) is 13.0 Å². The summed E-state index contributed by atoms with van der Waals surface area (Å²) in [6.07, 6.45) is -2.88. The lowest BCUT2D eigenvalue weighted by Gasteiger charge is -2.22. The average Bonchev–Trinajstić information content (AvgIpc) is 2.57. The number of hydrogen-bond donors (Lipinski definition) is 2. The molecule has 0 saturated heterocycles. The quantitative estimate of drug-likeness (QED) is 0.896.